The molecule has 1 spiro atoms. The average molecular weight is 468 g/mol. The third-order valence-electron chi connectivity index (χ3n) is 9.75. The Hall–Kier alpha value is -0.860. The minimum absolute atomic E-state index is 0.645. The minimum atomic E-state index is 0.645. The van der Waals surface area contributed by atoms with E-state index in [-0.39, 0.29) is 0 Å². The van der Waals surface area contributed by atoms with Gasteiger partial charge in [0.15, 0.2) is 0 Å². The summed E-state index contributed by atoms with van der Waals surface area (Å²) in [5.74, 6) is 3.43. The van der Waals surface area contributed by atoms with Crippen LogP contribution in [-0.2, 0) is 11.2 Å². The second-order valence-corrected chi connectivity index (χ2v) is 13.2. The van der Waals surface area contributed by atoms with Crippen molar-refractivity contribution in [2.45, 2.75) is 130 Å². The third kappa shape index (κ3) is 6.67. The Morgan fingerprint density at radius 3 is 1.94 bits per heavy atom. The molecule has 3 saturated heterocycles. The standard InChI is InChI=1S/C13H18.C10H19N.C9H16O/c1-10(2)12-9-5-7-11-6-3-4-8-13(11)12;1-9(2)11-7-5-10(3-4-10)6-8-11;1-6(2)7-3-8-5-9(4-7)10-8/h3-4,6,8,10,12H,5,7,9H2,1-2H3;9H,3-8H2,1-2H3;6-9H,3-5H2,1-2H3. The molecule has 2 saturated carbocycles. The van der Waals surface area contributed by atoms with E-state index in [0.29, 0.717) is 12.2 Å². The van der Waals surface area contributed by atoms with E-state index in [9.17, 15) is 0 Å². The van der Waals surface area contributed by atoms with Gasteiger partial charge in [0.2, 0.25) is 0 Å². The Balaban J connectivity index is 0.000000122. The Labute approximate surface area is 211 Å². The number of likely N-dealkylation sites (tertiary alicyclic amines) is 1. The molecule has 1 aromatic rings. The number of ether oxygens (including phenoxy) is 1. The highest BCUT2D eigenvalue weighted by atomic mass is 16.5. The molecule has 3 aliphatic carbocycles. The van der Waals surface area contributed by atoms with Crippen molar-refractivity contribution in [3.05, 3.63) is 35.4 Å². The van der Waals surface area contributed by atoms with Gasteiger partial charge in [-0.1, -0.05) is 52.0 Å². The molecular formula is C32H53NO. The van der Waals surface area contributed by atoms with Gasteiger partial charge in [-0.2, -0.15) is 0 Å². The van der Waals surface area contributed by atoms with Crippen LogP contribution in [0, 0.1) is 23.2 Å². The molecule has 3 unspecified atom stereocenters. The van der Waals surface area contributed by atoms with Crippen LogP contribution >= 0.6 is 0 Å². The SMILES string of the molecule is CC(C)C1CC2CC(C1)O2.CC(C)C1CCCc2ccccc21.CC(C)N1CCC2(CC1)CC2. The largest absolute Gasteiger partial charge is 0.375 e. The molecule has 1 aromatic carbocycles. The highest BCUT2D eigenvalue weighted by Crippen LogP contribution is 2.53. The van der Waals surface area contributed by atoms with E-state index < -0.39 is 0 Å². The van der Waals surface area contributed by atoms with Crippen molar-refractivity contribution < 1.29 is 4.74 Å². The summed E-state index contributed by atoms with van der Waals surface area (Å²) < 4.78 is 5.56. The van der Waals surface area contributed by atoms with Gasteiger partial charge in [-0.15, -0.1) is 0 Å². The van der Waals surface area contributed by atoms with Gasteiger partial charge in [-0.25, -0.2) is 0 Å². The zero-order valence-electron chi connectivity index (χ0n) is 23.2. The van der Waals surface area contributed by atoms with Gasteiger partial charge in [0.25, 0.3) is 0 Å². The molecule has 2 bridgehead atoms. The van der Waals surface area contributed by atoms with Gasteiger partial charge in [0.1, 0.15) is 0 Å². The summed E-state index contributed by atoms with van der Waals surface area (Å²) >= 11 is 0. The molecule has 2 heteroatoms. The Morgan fingerprint density at radius 2 is 1.44 bits per heavy atom. The molecule has 3 aliphatic heterocycles. The predicted octanol–water partition coefficient (Wildman–Crippen LogP) is 8.24. The summed E-state index contributed by atoms with van der Waals surface area (Å²) in [6.07, 6.45) is 15.4. The molecule has 0 amide bonds. The van der Waals surface area contributed by atoms with Crippen molar-refractivity contribution in [2.24, 2.45) is 23.2 Å². The van der Waals surface area contributed by atoms with Crippen molar-refractivity contribution >= 4 is 0 Å². The van der Waals surface area contributed by atoms with Gasteiger partial charge in [0, 0.05) is 6.04 Å². The van der Waals surface area contributed by atoms with E-state index in [1.807, 2.05) is 0 Å². The van der Waals surface area contributed by atoms with Crippen LogP contribution in [0.15, 0.2) is 24.3 Å². The molecule has 3 heterocycles. The molecule has 192 valence electrons. The maximum atomic E-state index is 5.56. The molecule has 34 heavy (non-hydrogen) atoms. The fourth-order valence-electron chi connectivity index (χ4n) is 6.85. The van der Waals surface area contributed by atoms with Crippen LogP contribution < -0.4 is 0 Å². The van der Waals surface area contributed by atoms with E-state index in [1.165, 1.54) is 77.3 Å². The lowest BCUT2D eigenvalue weighted by Crippen LogP contribution is -2.46. The van der Waals surface area contributed by atoms with Crippen molar-refractivity contribution in [2.75, 3.05) is 13.1 Å². The number of hydrogen-bond acceptors (Lipinski definition) is 2. The van der Waals surface area contributed by atoms with E-state index >= 15 is 0 Å². The normalized spacial score (nSPS) is 31.2. The number of fused-ring (bicyclic) bond motifs is 3. The number of aryl methyl sites for hydroxylation is 1. The average Bonchev–Trinajstić information content (AvgIpc) is 3.58. The minimum Gasteiger partial charge on any atom is -0.375 e. The first kappa shape index (κ1) is 26.2. The summed E-state index contributed by atoms with van der Waals surface area (Å²) in [4.78, 5) is 2.61. The maximum Gasteiger partial charge on any atom is 0.0606 e. The molecule has 0 N–H and O–H groups in total. The Morgan fingerprint density at radius 1 is 0.824 bits per heavy atom. The lowest BCUT2D eigenvalue weighted by molar-refractivity contribution is -0.178. The van der Waals surface area contributed by atoms with Gasteiger partial charge in [0.05, 0.1) is 12.2 Å². The van der Waals surface area contributed by atoms with Crippen molar-refractivity contribution in [1.29, 1.82) is 0 Å². The summed E-state index contributed by atoms with van der Waals surface area (Å²) in [6.45, 7) is 16.7. The van der Waals surface area contributed by atoms with E-state index in [0.717, 1.165) is 35.1 Å². The van der Waals surface area contributed by atoms with Crippen molar-refractivity contribution in [1.82, 2.24) is 4.90 Å². The molecule has 0 aromatic heterocycles. The second kappa shape index (κ2) is 11.5. The van der Waals surface area contributed by atoms with E-state index in [2.05, 4.69) is 70.7 Å². The van der Waals surface area contributed by atoms with Crippen LogP contribution in [0.5, 0.6) is 0 Å². The highest BCUT2D eigenvalue weighted by molar-refractivity contribution is 5.32. The first-order chi connectivity index (χ1) is 16.3. The van der Waals surface area contributed by atoms with Crippen molar-refractivity contribution in [3.8, 4) is 0 Å². The van der Waals surface area contributed by atoms with E-state index in [1.54, 1.807) is 11.1 Å². The van der Waals surface area contributed by atoms with E-state index in [4.69, 9.17) is 4.74 Å². The fourth-order valence-corrected chi connectivity index (χ4v) is 6.85. The summed E-state index contributed by atoms with van der Waals surface area (Å²) in [5.41, 5.74) is 4.06. The Bertz CT molecular complexity index is 738. The number of hydrogen-bond donors (Lipinski definition) is 0. The smallest absolute Gasteiger partial charge is 0.0606 e. The van der Waals surface area contributed by atoms with Crippen LogP contribution in [0.4, 0.5) is 0 Å². The number of nitrogens with zero attached hydrogens (tertiary/aromatic N) is 1. The first-order valence-corrected chi connectivity index (χ1v) is 14.7. The molecular weight excluding hydrogens is 414 g/mol. The lowest BCUT2D eigenvalue weighted by atomic mass is 9.75. The van der Waals surface area contributed by atoms with Gasteiger partial charge in [-0.05, 0) is 131 Å². The zero-order chi connectivity index (χ0) is 24.3. The summed E-state index contributed by atoms with van der Waals surface area (Å²) in [6, 6.07) is 9.73. The van der Waals surface area contributed by atoms with Gasteiger partial charge in [-0.3, -0.25) is 0 Å². The maximum absolute atomic E-state index is 5.56. The zero-order valence-corrected chi connectivity index (χ0v) is 23.2. The Kier molecular flexibility index (Phi) is 8.84. The third-order valence-corrected chi connectivity index (χ3v) is 9.75. The van der Waals surface area contributed by atoms with Crippen LogP contribution in [-0.4, -0.2) is 36.2 Å². The molecule has 2 nitrogen and oxygen atoms in total. The van der Waals surface area contributed by atoms with Gasteiger partial charge < -0.3 is 9.64 Å². The molecule has 3 atom stereocenters. The lowest BCUT2D eigenvalue weighted by Gasteiger charge is -2.46. The fraction of sp³-hybridized carbons (Fsp3) is 0.812. The monoisotopic (exact) mass is 467 g/mol. The van der Waals surface area contributed by atoms with Crippen LogP contribution in [0.25, 0.3) is 0 Å². The number of rotatable bonds is 3. The summed E-state index contributed by atoms with van der Waals surface area (Å²) in [7, 11) is 0. The molecule has 7 rings (SSSR count). The molecule has 6 aliphatic rings. The summed E-state index contributed by atoms with van der Waals surface area (Å²) in [5, 5.41) is 0. The number of piperidine rings is 1. The van der Waals surface area contributed by atoms with Crippen molar-refractivity contribution in [3.63, 3.8) is 0 Å². The quantitative estimate of drug-likeness (QED) is 0.444. The predicted molar refractivity (Wildman–Crippen MR) is 145 cm³/mol. The van der Waals surface area contributed by atoms with Crippen LogP contribution in [0.2, 0.25) is 0 Å². The molecule has 0 radical (unpaired) electrons. The second-order valence-electron chi connectivity index (χ2n) is 13.2. The number of benzene rings is 1. The topological polar surface area (TPSA) is 12.5 Å². The highest BCUT2D eigenvalue weighted by Gasteiger charge is 2.44. The van der Waals surface area contributed by atoms with Crippen LogP contribution in [0.1, 0.15) is 116 Å². The van der Waals surface area contributed by atoms with Crippen LogP contribution in [0.3, 0.4) is 0 Å². The first-order valence-electron chi connectivity index (χ1n) is 14.7. The molecule has 5 fully saturated rings. The van der Waals surface area contributed by atoms with Gasteiger partial charge >= 0.3 is 0 Å².